The molecule has 8 fully saturated rings. The molecule has 0 spiro atoms. The zero-order chi connectivity index (χ0) is 49.1. The summed E-state index contributed by atoms with van der Waals surface area (Å²) in [4.78, 5) is 13.9. The summed E-state index contributed by atoms with van der Waals surface area (Å²) in [6.45, 7) is 17.2. The number of esters is 1. The highest BCUT2D eigenvalue weighted by molar-refractivity contribution is 5.78. The van der Waals surface area contributed by atoms with Gasteiger partial charge < -0.3 is 89.0 Å². The van der Waals surface area contributed by atoms with Gasteiger partial charge in [0.1, 0.15) is 78.8 Å². The first-order valence-electron chi connectivity index (χ1n) is 24.4. The first kappa shape index (κ1) is 51.9. The largest absolute Gasteiger partial charge is 0.459 e. The number of aliphatic hydroxyl groups excluding tert-OH is 10. The second-order valence-corrected chi connectivity index (χ2v) is 22.9. The van der Waals surface area contributed by atoms with E-state index < -0.39 is 152 Å². The standard InChI is InChI=1S/C48H78O19/c1-20(2)10-13-28-48(9)29(39(58)64-28)22-11-12-26-45(6)16-15-27(44(4,5)25(45)14-17-46(26,7)47(22,8)43(59)67-48)65-42-38(66-41-37(57)34(54)31(51)23(18-49)62-41)35(55)32(52)24(63-42)19-60-40-36(56)33(53)30(50)21(3)61-40/h10,21-38,40-43,49-57,59H,11-19H2,1-9H3/t21-,22+,23+,24+,25+,26+,27-,28+,29+,30-,31+,32+,33+,34-,35-,36+,37+,38+,40+,41-,42-,43-,45-,46+,47-,48-/m0/s1. The fourth-order valence-electron chi connectivity index (χ4n) is 14.7. The van der Waals surface area contributed by atoms with Gasteiger partial charge in [-0.3, -0.25) is 4.79 Å². The number of cyclic esters (lactones) is 1. The smallest absolute Gasteiger partial charge is 0.312 e. The van der Waals surface area contributed by atoms with Crippen molar-refractivity contribution >= 4 is 5.97 Å². The summed E-state index contributed by atoms with van der Waals surface area (Å²) in [6.07, 6.45) is -18.7. The molecular weight excluding hydrogens is 881 g/mol. The molecule has 19 nitrogen and oxygen atoms in total. The van der Waals surface area contributed by atoms with Crippen molar-refractivity contribution in [2.24, 2.45) is 45.3 Å². The molecule has 26 atom stereocenters. The number of hydrogen-bond donors (Lipinski definition) is 10. The van der Waals surface area contributed by atoms with Crippen molar-refractivity contribution in [3.63, 3.8) is 0 Å². The molecule has 3 saturated carbocycles. The topological polar surface area (TPSA) is 293 Å². The van der Waals surface area contributed by atoms with E-state index in [1.165, 1.54) is 6.92 Å². The van der Waals surface area contributed by atoms with Crippen molar-refractivity contribution in [3.8, 4) is 0 Å². The summed E-state index contributed by atoms with van der Waals surface area (Å²) in [7, 11) is 0. The van der Waals surface area contributed by atoms with Gasteiger partial charge in [-0.1, -0.05) is 46.3 Å². The van der Waals surface area contributed by atoms with E-state index in [0.29, 0.717) is 25.7 Å². The minimum atomic E-state index is -1.84. The van der Waals surface area contributed by atoms with Crippen LogP contribution in [0.4, 0.5) is 0 Å². The number of rotatable bonds is 10. The number of ether oxygens (including phenoxy) is 8. The van der Waals surface area contributed by atoms with Gasteiger partial charge >= 0.3 is 5.97 Å². The van der Waals surface area contributed by atoms with E-state index in [0.717, 1.165) is 24.8 Å². The summed E-state index contributed by atoms with van der Waals surface area (Å²) in [5, 5.41) is 109. The highest BCUT2D eigenvalue weighted by Gasteiger charge is 2.76. The van der Waals surface area contributed by atoms with Gasteiger partial charge in [0.25, 0.3) is 0 Å². The minimum absolute atomic E-state index is 0.0607. The molecule has 19 heteroatoms. The van der Waals surface area contributed by atoms with Crippen molar-refractivity contribution in [1.82, 2.24) is 0 Å². The van der Waals surface area contributed by atoms with Gasteiger partial charge in [0.2, 0.25) is 0 Å². The van der Waals surface area contributed by atoms with Crippen LogP contribution in [-0.4, -0.2) is 186 Å². The Kier molecular flexibility index (Phi) is 14.4. The third kappa shape index (κ3) is 8.19. The molecule has 5 aliphatic heterocycles. The zero-order valence-corrected chi connectivity index (χ0v) is 40.3. The zero-order valence-electron chi connectivity index (χ0n) is 40.3. The average Bonchev–Trinajstić information content (AvgIpc) is 3.51. The van der Waals surface area contributed by atoms with E-state index >= 15 is 0 Å². The van der Waals surface area contributed by atoms with Crippen LogP contribution in [0.3, 0.4) is 0 Å². The Labute approximate surface area is 392 Å². The van der Waals surface area contributed by atoms with Gasteiger partial charge in [0.15, 0.2) is 25.2 Å². The fourth-order valence-corrected chi connectivity index (χ4v) is 14.7. The lowest BCUT2D eigenvalue weighted by Crippen LogP contribution is -2.72. The molecule has 0 amide bonds. The van der Waals surface area contributed by atoms with Crippen molar-refractivity contribution < 1.29 is 93.8 Å². The highest BCUT2D eigenvalue weighted by Crippen LogP contribution is 2.75. The van der Waals surface area contributed by atoms with E-state index in [4.69, 9.17) is 37.9 Å². The third-order valence-electron chi connectivity index (χ3n) is 18.9. The van der Waals surface area contributed by atoms with Gasteiger partial charge in [0.05, 0.1) is 31.3 Å². The Morgan fingerprint density at radius 2 is 1.34 bits per heavy atom. The predicted octanol–water partition coefficient (Wildman–Crippen LogP) is 0.128. The summed E-state index contributed by atoms with van der Waals surface area (Å²) < 4.78 is 49.1. The fraction of sp³-hybridized carbons (Fsp3) is 0.938. The van der Waals surface area contributed by atoms with E-state index in [-0.39, 0.29) is 29.1 Å². The van der Waals surface area contributed by atoms with Gasteiger partial charge in [-0.2, -0.15) is 0 Å². The van der Waals surface area contributed by atoms with Gasteiger partial charge in [0, 0.05) is 11.8 Å². The number of allylic oxidation sites excluding steroid dienone is 1. The molecule has 8 aliphatic rings. The molecule has 0 aromatic carbocycles. The predicted molar refractivity (Wildman–Crippen MR) is 232 cm³/mol. The molecule has 384 valence electrons. The van der Waals surface area contributed by atoms with Crippen LogP contribution >= 0.6 is 0 Å². The monoisotopic (exact) mass is 959 g/mol. The van der Waals surface area contributed by atoms with Crippen LogP contribution in [0.2, 0.25) is 0 Å². The van der Waals surface area contributed by atoms with Crippen LogP contribution in [-0.2, 0) is 42.7 Å². The molecule has 0 aromatic heterocycles. The maximum atomic E-state index is 13.9. The Balaban J connectivity index is 1.04. The van der Waals surface area contributed by atoms with Crippen molar-refractivity contribution in [2.75, 3.05) is 13.2 Å². The van der Waals surface area contributed by atoms with Crippen LogP contribution in [0.25, 0.3) is 0 Å². The quantitative estimate of drug-likeness (QED) is 0.0791. The van der Waals surface area contributed by atoms with Gasteiger partial charge in [-0.25, -0.2) is 0 Å². The Bertz CT molecular complexity index is 1810. The summed E-state index contributed by atoms with van der Waals surface area (Å²) in [5.41, 5.74) is -1.93. The van der Waals surface area contributed by atoms with Crippen LogP contribution in [0.1, 0.15) is 107 Å². The van der Waals surface area contributed by atoms with Crippen molar-refractivity contribution in [2.45, 2.75) is 223 Å². The number of carbonyl (C=O) groups is 1. The number of aliphatic hydroxyl groups is 10. The maximum Gasteiger partial charge on any atom is 0.312 e. The lowest BCUT2D eigenvalue weighted by molar-refractivity contribution is -0.384. The summed E-state index contributed by atoms with van der Waals surface area (Å²) in [5.74, 6) is -0.786. The van der Waals surface area contributed by atoms with Crippen LogP contribution in [0.5, 0.6) is 0 Å². The summed E-state index contributed by atoms with van der Waals surface area (Å²) >= 11 is 0. The van der Waals surface area contributed by atoms with E-state index in [1.807, 2.05) is 26.8 Å². The average molecular weight is 959 g/mol. The summed E-state index contributed by atoms with van der Waals surface area (Å²) in [6, 6.07) is 0. The molecule has 0 aromatic rings. The molecule has 0 radical (unpaired) electrons. The second kappa shape index (κ2) is 18.5. The minimum Gasteiger partial charge on any atom is -0.459 e. The normalized spacial score (nSPS) is 55.1. The molecule has 3 aliphatic carbocycles. The van der Waals surface area contributed by atoms with Crippen molar-refractivity contribution in [3.05, 3.63) is 11.6 Å². The number of hydrogen-bond acceptors (Lipinski definition) is 19. The first-order valence-corrected chi connectivity index (χ1v) is 24.4. The lowest BCUT2D eigenvalue weighted by Gasteiger charge is -2.72. The molecule has 0 unspecified atom stereocenters. The Hall–Kier alpha value is -1.47. The third-order valence-corrected chi connectivity index (χ3v) is 18.9. The van der Waals surface area contributed by atoms with E-state index in [1.54, 1.807) is 0 Å². The Morgan fingerprint density at radius 1 is 0.701 bits per heavy atom. The highest BCUT2D eigenvalue weighted by atomic mass is 16.8. The van der Waals surface area contributed by atoms with E-state index in [9.17, 15) is 55.9 Å². The van der Waals surface area contributed by atoms with Crippen LogP contribution in [0.15, 0.2) is 11.6 Å². The SMILES string of the molecule is CC(C)=CC[C@H]1OC(=O)[C@H]2[C@H]3CC[C@@H]4[C@@]5(C)CC[C@H](O[C@@H]6O[C@H](CO[C@@H]7O[C@@H](C)[C@H](O)[C@@H](O)[C@H]7O)[C@@H](O)[C@H](O)[C@H]6O[C@@H]6O[C@H](CO)[C@@H](O)[C@H](O)[C@H]6O)C(C)(C)[C@H]5CC[C@@]4(C)[C@]3(C)[C@@H](O)O[C@@]12C. The Morgan fingerprint density at radius 3 is 2.01 bits per heavy atom. The lowest BCUT2D eigenvalue weighted by atomic mass is 9.34. The van der Waals surface area contributed by atoms with Crippen LogP contribution in [0, 0.1) is 45.3 Å². The molecule has 5 heterocycles. The van der Waals surface area contributed by atoms with E-state index in [2.05, 4.69) is 34.6 Å². The number of carbonyl (C=O) groups excluding carboxylic acids is 1. The van der Waals surface area contributed by atoms with Gasteiger partial charge in [-0.15, -0.1) is 0 Å². The van der Waals surface area contributed by atoms with Gasteiger partial charge in [-0.05, 0) is 100 Å². The molecule has 67 heavy (non-hydrogen) atoms. The van der Waals surface area contributed by atoms with Crippen molar-refractivity contribution in [1.29, 1.82) is 0 Å². The first-order chi connectivity index (χ1) is 31.3. The molecule has 8 rings (SSSR count). The number of fused-ring (bicyclic) bond motifs is 7. The molecule has 0 bridgehead atoms. The second-order valence-electron chi connectivity index (χ2n) is 22.9. The molecule has 5 saturated heterocycles. The maximum absolute atomic E-state index is 13.9. The van der Waals surface area contributed by atoms with Crippen LogP contribution < -0.4 is 0 Å². The molecule has 10 N–H and O–H groups in total. The molecular formula is C48H78O19.